The van der Waals surface area contributed by atoms with Crippen LogP contribution in [0.1, 0.15) is 16.8 Å². The Morgan fingerprint density at radius 1 is 0.806 bits per heavy atom. The van der Waals surface area contributed by atoms with Crippen LogP contribution in [0.3, 0.4) is 0 Å². The largest absolute Gasteiger partial charge is 0.352 e. The first-order chi connectivity index (χ1) is 14.8. The monoisotopic (exact) mass is 457 g/mol. The summed E-state index contributed by atoms with van der Waals surface area (Å²) >= 11 is 5.79. The molecule has 2 amide bonds. The summed E-state index contributed by atoms with van der Waals surface area (Å²) in [6.07, 6.45) is 0.0644. The number of para-hydroxylation sites is 1. The number of carbonyl (C=O) groups excluding carboxylic acids is 2. The van der Waals surface area contributed by atoms with Crippen LogP contribution in [0.15, 0.2) is 83.8 Å². The lowest BCUT2D eigenvalue weighted by Crippen LogP contribution is -2.27. The number of hydrogen-bond donors (Lipinski definition) is 3. The lowest BCUT2D eigenvalue weighted by Gasteiger charge is -2.10. The number of anilines is 2. The van der Waals surface area contributed by atoms with Crippen LogP contribution in [0.2, 0.25) is 5.02 Å². The minimum atomic E-state index is -3.73. The zero-order valence-electron chi connectivity index (χ0n) is 16.3. The summed E-state index contributed by atoms with van der Waals surface area (Å²) in [5, 5.41) is 5.86. The normalized spacial score (nSPS) is 10.9. The van der Waals surface area contributed by atoms with E-state index in [0.29, 0.717) is 22.0 Å². The third-order valence-electron chi connectivity index (χ3n) is 4.22. The zero-order valence-corrected chi connectivity index (χ0v) is 17.9. The summed E-state index contributed by atoms with van der Waals surface area (Å²) in [5.41, 5.74) is 1.36. The lowest BCUT2D eigenvalue weighted by molar-refractivity contribution is -0.116. The zero-order chi connectivity index (χ0) is 22.3. The second-order valence-electron chi connectivity index (χ2n) is 6.56. The molecule has 0 aromatic heterocycles. The van der Waals surface area contributed by atoms with Gasteiger partial charge in [-0.3, -0.25) is 14.3 Å². The third kappa shape index (κ3) is 6.56. The second kappa shape index (κ2) is 10.1. The summed E-state index contributed by atoms with van der Waals surface area (Å²) < 4.78 is 27.3. The van der Waals surface area contributed by atoms with E-state index in [1.54, 1.807) is 54.6 Å². The van der Waals surface area contributed by atoms with E-state index in [0.717, 1.165) is 0 Å². The van der Waals surface area contributed by atoms with Crippen molar-refractivity contribution in [3.05, 3.63) is 89.4 Å². The van der Waals surface area contributed by atoms with Crippen LogP contribution in [0.25, 0.3) is 0 Å². The molecule has 31 heavy (non-hydrogen) atoms. The molecule has 0 aliphatic carbocycles. The van der Waals surface area contributed by atoms with Gasteiger partial charge in [-0.15, -0.1) is 0 Å². The maximum absolute atomic E-state index is 12.4. The number of amides is 2. The molecule has 160 valence electrons. The van der Waals surface area contributed by atoms with Crippen molar-refractivity contribution in [3.63, 3.8) is 0 Å². The van der Waals surface area contributed by atoms with Crippen molar-refractivity contribution in [3.8, 4) is 0 Å². The van der Waals surface area contributed by atoms with E-state index in [9.17, 15) is 18.0 Å². The molecule has 0 aliphatic heterocycles. The van der Waals surface area contributed by atoms with Gasteiger partial charge in [0.1, 0.15) is 0 Å². The van der Waals surface area contributed by atoms with Crippen LogP contribution in [0.5, 0.6) is 0 Å². The first kappa shape index (κ1) is 22.3. The molecule has 0 heterocycles. The van der Waals surface area contributed by atoms with Gasteiger partial charge in [0.05, 0.1) is 4.90 Å². The molecule has 9 heteroatoms. The van der Waals surface area contributed by atoms with Gasteiger partial charge >= 0.3 is 0 Å². The Labute approximate surface area is 185 Å². The quantitative estimate of drug-likeness (QED) is 0.477. The van der Waals surface area contributed by atoms with E-state index >= 15 is 0 Å². The fourth-order valence-electron chi connectivity index (χ4n) is 2.65. The Balaban J connectivity index is 1.49. The van der Waals surface area contributed by atoms with Gasteiger partial charge in [-0.1, -0.05) is 29.8 Å². The maximum atomic E-state index is 12.4. The van der Waals surface area contributed by atoms with E-state index in [2.05, 4.69) is 15.4 Å². The Kier molecular flexibility index (Phi) is 7.28. The first-order valence-electron chi connectivity index (χ1n) is 9.35. The molecule has 0 atom stereocenters. The highest BCUT2D eigenvalue weighted by molar-refractivity contribution is 7.92. The van der Waals surface area contributed by atoms with Gasteiger partial charge in [-0.25, -0.2) is 8.42 Å². The van der Waals surface area contributed by atoms with Gasteiger partial charge in [0.25, 0.3) is 15.9 Å². The molecule has 3 N–H and O–H groups in total. The van der Waals surface area contributed by atoms with Crippen molar-refractivity contribution >= 4 is 44.8 Å². The number of carbonyl (C=O) groups is 2. The van der Waals surface area contributed by atoms with Crippen LogP contribution in [-0.2, 0) is 14.8 Å². The smallest absolute Gasteiger partial charge is 0.261 e. The summed E-state index contributed by atoms with van der Waals surface area (Å²) in [5.74, 6) is -0.612. The van der Waals surface area contributed by atoms with Crippen LogP contribution in [-0.4, -0.2) is 26.8 Å². The highest BCUT2D eigenvalue weighted by atomic mass is 35.5. The molecule has 3 aromatic carbocycles. The van der Waals surface area contributed by atoms with E-state index < -0.39 is 10.0 Å². The van der Waals surface area contributed by atoms with Crippen molar-refractivity contribution in [1.82, 2.24) is 5.32 Å². The fourth-order valence-corrected chi connectivity index (χ4v) is 3.84. The topological polar surface area (TPSA) is 104 Å². The Morgan fingerprint density at radius 3 is 2.10 bits per heavy atom. The summed E-state index contributed by atoms with van der Waals surface area (Å²) in [6, 6.07) is 20.8. The van der Waals surface area contributed by atoms with Crippen LogP contribution in [0.4, 0.5) is 11.4 Å². The average Bonchev–Trinajstić information content (AvgIpc) is 2.75. The molecule has 0 spiro atoms. The van der Waals surface area contributed by atoms with E-state index in [-0.39, 0.29) is 29.7 Å². The van der Waals surface area contributed by atoms with E-state index in [1.807, 2.05) is 0 Å². The molecule has 3 aromatic rings. The van der Waals surface area contributed by atoms with E-state index in [1.165, 1.54) is 24.3 Å². The van der Waals surface area contributed by atoms with Gasteiger partial charge in [0.15, 0.2) is 0 Å². The molecule has 0 aliphatic rings. The molecule has 7 nitrogen and oxygen atoms in total. The minimum Gasteiger partial charge on any atom is -0.352 e. The number of hydrogen-bond acceptors (Lipinski definition) is 4. The molecule has 0 unspecified atom stereocenters. The Hall–Kier alpha value is -3.36. The number of benzene rings is 3. The summed E-state index contributed by atoms with van der Waals surface area (Å²) in [6.45, 7) is 0.154. The second-order valence-corrected chi connectivity index (χ2v) is 8.68. The number of rotatable bonds is 8. The Bertz CT molecular complexity index is 1150. The molecule has 0 bridgehead atoms. The minimum absolute atomic E-state index is 0.0644. The SMILES string of the molecule is O=C(CCNC(=O)c1ccc(Cl)cc1)Nc1ccc(S(=O)(=O)Nc2ccccc2)cc1. The van der Waals surface area contributed by atoms with Crippen molar-refractivity contribution in [2.24, 2.45) is 0 Å². The predicted octanol–water partition coefficient (Wildman–Crippen LogP) is 3.90. The average molecular weight is 458 g/mol. The molecular weight excluding hydrogens is 438 g/mol. The van der Waals surface area contributed by atoms with Gasteiger partial charge in [-0.2, -0.15) is 0 Å². The van der Waals surface area contributed by atoms with Crippen LogP contribution in [0, 0.1) is 0 Å². The molecule has 0 saturated carbocycles. The number of halogens is 1. The van der Waals surface area contributed by atoms with Crippen molar-refractivity contribution in [1.29, 1.82) is 0 Å². The fraction of sp³-hybridized carbons (Fsp3) is 0.0909. The summed E-state index contributed by atoms with van der Waals surface area (Å²) in [4.78, 5) is 24.2. The lowest BCUT2D eigenvalue weighted by atomic mass is 10.2. The van der Waals surface area contributed by atoms with Crippen molar-refractivity contribution < 1.29 is 18.0 Å². The van der Waals surface area contributed by atoms with Crippen molar-refractivity contribution in [2.45, 2.75) is 11.3 Å². The van der Waals surface area contributed by atoms with Crippen LogP contribution >= 0.6 is 11.6 Å². The van der Waals surface area contributed by atoms with Gasteiger partial charge in [0.2, 0.25) is 5.91 Å². The Morgan fingerprint density at radius 2 is 1.45 bits per heavy atom. The van der Waals surface area contributed by atoms with E-state index in [4.69, 9.17) is 11.6 Å². The van der Waals surface area contributed by atoms with Gasteiger partial charge in [0, 0.05) is 34.9 Å². The highest BCUT2D eigenvalue weighted by Gasteiger charge is 2.14. The van der Waals surface area contributed by atoms with Crippen LogP contribution < -0.4 is 15.4 Å². The predicted molar refractivity (Wildman–Crippen MR) is 121 cm³/mol. The molecule has 0 fully saturated rings. The third-order valence-corrected chi connectivity index (χ3v) is 5.87. The molecule has 0 radical (unpaired) electrons. The summed E-state index contributed by atoms with van der Waals surface area (Å²) in [7, 11) is -3.73. The highest BCUT2D eigenvalue weighted by Crippen LogP contribution is 2.18. The maximum Gasteiger partial charge on any atom is 0.261 e. The molecule has 0 saturated heterocycles. The first-order valence-corrected chi connectivity index (χ1v) is 11.2. The number of sulfonamides is 1. The standard InChI is InChI=1S/C22H20ClN3O4S/c23-17-8-6-16(7-9-17)22(28)24-15-14-21(27)25-18-10-12-20(13-11-18)31(29,30)26-19-4-2-1-3-5-19/h1-13,26H,14-15H2,(H,24,28)(H,25,27). The van der Waals surface area contributed by atoms with Gasteiger partial charge < -0.3 is 10.6 Å². The molecular formula is C22H20ClN3O4S. The molecule has 3 rings (SSSR count). The number of nitrogens with one attached hydrogen (secondary N) is 3. The van der Waals surface area contributed by atoms with Gasteiger partial charge in [-0.05, 0) is 60.7 Å². The van der Waals surface area contributed by atoms with Crippen molar-refractivity contribution in [2.75, 3.05) is 16.6 Å².